The lowest BCUT2D eigenvalue weighted by Crippen LogP contribution is -2.38. The molecule has 0 saturated heterocycles. The molecule has 0 bridgehead atoms. The van der Waals surface area contributed by atoms with Gasteiger partial charge in [0.25, 0.3) is 5.56 Å². The number of hydrogen-bond acceptors (Lipinski definition) is 4. The molecule has 1 N–H and O–H groups in total. The molecule has 0 aromatic carbocycles. The SMILES string of the molecule is COC1CCCC1Nc1nccn(C(C)(C)C)c1=O. The van der Waals surface area contributed by atoms with Crippen LogP contribution in [0, 0.1) is 0 Å². The predicted octanol–water partition coefficient (Wildman–Crippen LogP) is 1.98. The van der Waals surface area contributed by atoms with Crippen molar-refractivity contribution in [1.82, 2.24) is 9.55 Å². The molecule has 1 fully saturated rings. The minimum absolute atomic E-state index is 0.0725. The fourth-order valence-electron chi connectivity index (χ4n) is 2.59. The number of rotatable bonds is 3. The zero-order valence-corrected chi connectivity index (χ0v) is 12.1. The highest BCUT2D eigenvalue weighted by Gasteiger charge is 2.28. The Kier molecular flexibility index (Phi) is 3.94. The van der Waals surface area contributed by atoms with Gasteiger partial charge in [0.05, 0.1) is 12.1 Å². The second-order valence-electron chi connectivity index (χ2n) is 6.08. The van der Waals surface area contributed by atoms with E-state index in [1.807, 2.05) is 20.8 Å². The number of methoxy groups -OCH3 is 1. The normalized spacial score (nSPS) is 23.6. The summed E-state index contributed by atoms with van der Waals surface area (Å²) in [6, 6.07) is 0.181. The van der Waals surface area contributed by atoms with Crippen LogP contribution in [0.3, 0.4) is 0 Å². The third kappa shape index (κ3) is 2.97. The summed E-state index contributed by atoms with van der Waals surface area (Å²) < 4.78 is 7.14. The summed E-state index contributed by atoms with van der Waals surface area (Å²) >= 11 is 0. The van der Waals surface area contributed by atoms with E-state index < -0.39 is 0 Å². The van der Waals surface area contributed by atoms with E-state index in [0.29, 0.717) is 5.82 Å². The van der Waals surface area contributed by atoms with Crippen molar-refractivity contribution in [2.45, 2.75) is 57.7 Å². The average molecular weight is 265 g/mol. The van der Waals surface area contributed by atoms with E-state index in [1.54, 1.807) is 24.1 Å². The van der Waals surface area contributed by atoms with Gasteiger partial charge in [-0.1, -0.05) is 0 Å². The molecule has 2 unspecified atom stereocenters. The molecule has 0 aliphatic heterocycles. The molecule has 0 spiro atoms. The minimum atomic E-state index is -0.243. The van der Waals surface area contributed by atoms with Crippen molar-refractivity contribution >= 4 is 5.82 Å². The molecule has 1 heterocycles. The van der Waals surface area contributed by atoms with Gasteiger partial charge in [0.15, 0.2) is 5.82 Å². The second-order valence-corrected chi connectivity index (χ2v) is 6.08. The molecule has 106 valence electrons. The summed E-state index contributed by atoms with van der Waals surface area (Å²) in [5.41, 5.74) is -0.316. The maximum atomic E-state index is 12.4. The number of aromatic nitrogens is 2. The molecule has 1 aliphatic carbocycles. The smallest absolute Gasteiger partial charge is 0.293 e. The molecule has 1 aromatic heterocycles. The quantitative estimate of drug-likeness (QED) is 0.908. The van der Waals surface area contributed by atoms with Gasteiger partial charge in [-0.05, 0) is 40.0 Å². The molecule has 0 radical (unpaired) electrons. The van der Waals surface area contributed by atoms with Crippen molar-refractivity contribution < 1.29 is 4.74 Å². The number of nitrogens with one attached hydrogen (secondary N) is 1. The highest BCUT2D eigenvalue weighted by molar-refractivity contribution is 5.33. The summed E-state index contributed by atoms with van der Waals surface area (Å²) in [7, 11) is 1.72. The van der Waals surface area contributed by atoms with Gasteiger partial charge in [-0.15, -0.1) is 0 Å². The first-order valence-electron chi connectivity index (χ1n) is 6.81. The van der Waals surface area contributed by atoms with Crippen LogP contribution in [0.25, 0.3) is 0 Å². The van der Waals surface area contributed by atoms with E-state index in [4.69, 9.17) is 4.74 Å². The molecule has 19 heavy (non-hydrogen) atoms. The first-order chi connectivity index (χ1) is 8.93. The maximum Gasteiger partial charge on any atom is 0.293 e. The maximum absolute atomic E-state index is 12.4. The topological polar surface area (TPSA) is 56.1 Å². The highest BCUT2D eigenvalue weighted by atomic mass is 16.5. The molecule has 1 saturated carbocycles. The molecular weight excluding hydrogens is 242 g/mol. The predicted molar refractivity (Wildman–Crippen MR) is 75.6 cm³/mol. The van der Waals surface area contributed by atoms with E-state index in [0.717, 1.165) is 19.3 Å². The molecule has 1 aliphatic rings. The van der Waals surface area contributed by atoms with Crippen LogP contribution in [-0.4, -0.2) is 28.8 Å². The zero-order valence-electron chi connectivity index (χ0n) is 12.1. The van der Waals surface area contributed by atoms with E-state index >= 15 is 0 Å². The Labute approximate surface area is 114 Å². The minimum Gasteiger partial charge on any atom is -0.379 e. The number of ether oxygens (including phenoxy) is 1. The van der Waals surface area contributed by atoms with E-state index in [2.05, 4.69) is 10.3 Å². The third-order valence-electron chi connectivity index (χ3n) is 3.64. The van der Waals surface area contributed by atoms with Gasteiger partial charge in [-0.25, -0.2) is 4.98 Å². The lowest BCUT2D eigenvalue weighted by molar-refractivity contribution is 0.101. The van der Waals surface area contributed by atoms with Crippen molar-refractivity contribution in [3.05, 3.63) is 22.7 Å². The number of hydrogen-bond donors (Lipinski definition) is 1. The summed E-state index contributed by atoms with van der Waals surface area (Å²) in [6.07, 6.45) is 6.75. The molecule has 0 amide bonds. The fraction of sp³-hybridized carbons (Fsp3) is 0.714. The Balaban J connectivity index is 2.24. The van der Waals surface area contributed by atoms with Crippen molar-refractivity contribution in [2.24, 2.45) is 0 Å². The zero-order chi connectivity index (χ0) is 14.0. The van der Waals surface area contributed by atoms with Crippen LogP contribution in [0.2, 0.25) is 0 Å². The van der Waals surface area contributed by atoms with Gasteiger partial charge in [0.1, 0.15) is 0 Å². The van der Waals surface area contributed by atoms with Crippen molar-refractivity contribution in [2.75, 3.05) is 12.4 Å². The van der Waals surface area contributed by atoms with E-state index in [1.165, 1.54) is 0 Å². The Bertz CT molecular complexity index is 490. The van der Waals surface area contributed by atoms with Crippen LogP contribution < -0.4 is 10.9 Å². The molecule has 5 nitrogen and oxygen atoms in total. The standard InChI is InChI=1S/C14H23N3O2/c1-14(2,3)17-9-8-15-12(13(17)18)16-10-6-5-7-11(10)19-4/h8-11H,5-7H2,1-4H3,(H,15,16). The Hall–Kier alpha value is -1.36. The van der Waals surface area contributed by atoms with Crippen molar-refractivity contribution in [3.8, 4) is 0 Å². The van der Waals surface area contributed by atoms with Gasteiger partial charge in [-0.2, -0.15) is 0 Å². The molecular formula is C14H23N3O2. The Morgan fingerprint density at radius 1 is 1.42 bits per heavy atom. The molecule has 2 rings (SSSR count). The summed E-state index contributed by atoms with van der Waals surface area (Å²) in [5.74, 6) is 0.423. The van der Waals surface area contributed by atoms with Gasteiger partial charge in [0, 0.05) is 25.0 Å². The van der Waals surface area contributed by atoms with Crippen molar-refractivity contribution in [1.29, 1.82) is 0 Å². The van der Waals surface area contributed by atoms with Crippen LogP contribution in [0.15, 0.2) is 17.2 Å². The van der Waals surface area contributed by atoms with Gasteiger partial charge in [-0.3, -0.25) is 4.79 Å². The van der Waals surface area contributed by atoms with E-state index in [9.17, 15) is 4.79 Å². The van der Waals surface area contributed by atoms with Gasteiger partial charge < -0.3 is 14.6 Å². The Morgan fingerprint density at radius 3 is 2.79 bits per heavy atom. The first kappa shape index (κ1) is 14.1. The third-order valence-corrected chi connectivity index (χ3v) is 3.64. The van der Waals surface area contributed by atoms with Crippen LogP contribution in [0.4, 0.5) is 5.82 Å². The van der Waals surface area contributed by atoms with Crippen LogP contribution in [0.1, 0.15) is 40.0 Å². The number of anilines is 1. The Morgan fingerprint density at radius 2 is 2.16 bits per heavy atom. The van der Waals surface area contributed by atoms with Crippen LogP contribution >= 0.6 is 0 Å². The number of nitrogens with zero attached hydrogens (tertiary/aromatic N) is 2. The lowest BCUT2D eigenvalue weighted by Gasteiger charge is -2.24. The lowest BCUT2D eigenvalue weighted by atomic mass is 10.1. The summed E-state index contributed by atoms with van der Waals surface area (Å²) in [6.45, 7) is 6.02. The van der Waals surface area contributed by atoms with E-state index in [-0.39, 0.29) is 23.2 Å². The average Bonchev–Trinajstić information content (AvgIpc) is 2.77. The molecule has 1 aromatic rings. The fourth-order valence-corrected chi connectivity index (χ4v) is 2.59. The first-order valence-corrected chi connectivity index (χ1v) is 6.81. The van der Waals surface area contributed by atoms with Crippen LogP contribution in [-0.2, 0) is 10.3 Å². The van der Waals surface area contributed by atoms with Gasteiger partial charge in [0.2, 0.25) is 0 Å². The van der Waals surface area contributed by atoms with Crippen molar-refractivity contribution in [3.63, 3.8) is 0 Å². The molecule has 5 heteroatoms. The second kappa shape index (κ2) is 5.33. The van der Waals surface area contributed by atoms with Crippen LogP contribution in [0.5, 0.6) is 0 Å². The summed E-state index contributed by atoms with van der Waals surface area (Å²) in [4.78, 5) is 16.6. The molecule has 2 atom stereocenters. The monoisotopic (exact) mass is 265 g/mol. The van der Waals surface area contributed by atoms with Gasteiger partial charge >= 0.3 is 0 Å². The largest absolute Gasteiger partial charge is 0.379 e. The summed E-state index contributed by atoms with van der Waals surface area (Å²) in [5, 5.41) is 3.25. The highest BCUT2D eigenvalue weighted by Crippen LogP contribution is 2.23.